The molecule has 1 saturated carbocycles. The van der Waals surface area contributed by atoms with Gasteiger partial charge in [0.15, 0.2) is 0 Å². The minimum Gasteiger partial charge on any atom is -0.377 e. The summed E-state index contributed by atoms with van der Waals surface area (Å²) in [5.41, 5.74) is 0.554. The van der Waals surface area contributed by atoms with Crippen LogP contribution in [0.3, 0.4) is 0 Å². The number of hydrogen-bond donors (Lipinski definition) is 0. The lowest BCUT2D eigenvalue weighted by Crippen LogP contribution is -2.43. The van der Waals surface area contributed by atoms with Gasteiger partial charge in [0.05, 0.1) is 24.1 Å². The van der Waals surface area contributed by atoms with E-state index in [-0.39, 0.29) is 47.8 Å². The first-order chi connectivity index (χ1) is 20.4. The summed E-state index contributed by atoms with van der Waals surface area (Å²) < 4.78 is 50.2. The Morgan fingerprint density at radius 2 is 2.00 bits per heavy atom. The molecule has 1 aromatic heterocycles. The highest BCUT2D eigenvalue weighted by Crippen LogP contribution is 2.52. The maximum atomic E-state index is 14.2. The van der Waals surface area contributed by atoms with Crippen molar-refractivity contribution in [1.29, 1.82) is 0 Å². The van der Waals surface area contributed by atoms with Gasteiger partial charge in [0.25, 0.3) is 11.8 Å². The molecular formula is C32H34F3N5O3. The minimum atomic E-state index is -4.64. The second-order valence-electron chi connectivity index (χ2n) is 11.5. The van der Waals surface area contributed by atoms with Crippen LogP contribution in [0.15, 0.2) is 42.7 Å². The molecule has 1 fully saturated rings. The second-order valence-corrected chi connectivity index (χ2v) is 11.5. The van der Waals surface area contributed by atoms with Gasteiger partial charge in [-0.2, -0.15) is 13.2 Å². The molecule has 3 aromatic rings. The van der Waals surface area contributed by atoms with Crippen LogP contribution < -0.4 is 4.90 Å². The first-order valence-electron chi connectivity index (χ1n) is 14.2. The third-order valence-electron chi connectivity index (χ3n) is 8.28. The largest absolute Gasteiger partial charge is 0.416 e. The number of carbonyl (C=O) groups excluding carboxylic acids is 2. The van der Waals surface area contributed by atoms with Gasteiger partial charge in [-0.15, -0.1) is 10.2 Å². The summed E-state index contributed by atoms with van der Waals surface area (Å²) in [6.45, 7) is 4.10. The number of benzene rings is 2. The molecule has 0 unspecified atom stereocenters. The maximum absolute atomic E-state index is 14.2. The molecule has 0 bridgehead atoms. The molecule has 11 heteroatoms. The van der Waals surface area contributed by atoms with Crippen LogP contribution in [0.25, 0.3) is 0 Å². The zero-order valence-corrected chi connectivity index (χ0v) is 24.7. The van der Waals surface area contributed by atoms with Crippen LogP contribution in [-0.4, -0.2) is 51.7 Å². The molecular weight excluding hydrogens is 559 g/mol. The molecule has 2 aliphatic rings. The number of amides is 2. The Bertz CT molecular complexity index is 1600. The van der Waals surface area contributed by atoms with Gasteiger partial charge in [-0.3, -0.25) is 9.59 Å². The summed E-state index contributed by atoms with van der Waals surface area (Å²) >= 11 is 0. The van der Waals surface area contributed by atoms with E-state index >= 15 is 0 Å². The highest BCUT2D eigenvalue weighted by molar-refractivity contribution is 6.10. The van der Waals surface area contributed by atoms with E-state index in [1.54, 1.807) is 26.4 Å². The van der Waals surface area contributed by atoms with Crippen LogP contribution in [0.5, 0.6) is 0 Å². The molecule has 8 nitrogen and oxygen atoms in total. The lowest BCUT2D eigenvalue weighted by molar-refractivity contribution is -0.138. The van der Waals surface area contributed by atoms with Crippen LogP contribution in [0.1, 0.15) is 71.5 Å². The summed E-state index contributed by atoms with van der Waals surface area (Å²) in [6, 6.07) is 10.0. The molecule has 43 heavy (non-hydrogen) atoms. The van der Waals surface area contributed by atoms with Gasteiger partial charge in [-0.05, 0) is 79.0 Å². The van der Waals surface area contributed by atoms with Crippen LogP contribution >= 0.6 is 0 Å². The van der Waals surface area contributed by atoms with Gasteiger partial charge in [-0.1, -0.05) is 25.0 Å². The Labute approximate surface area is 248 Å². The average Bonchev–Trinajstić information content (AvgIpc) is 3.53. The van der Waals surface area contributed by atoms with Gasteiger partial charge in [0.2, 0.25) is 0 Å². The number of aromatic nitrogens is 3. The molecule has 1 aliphatic carbocycles. The summed E-state index contributed by atoms with van der Waals surface area (Å²) in [5, 5.41) is 8.44. The number of carbonyl (C=O) groups is 2. The lowest BCUT2D eigenvalue weighted by atomic mass is 9.58. The average molecular weight is 594 g/mol. The Morgan fingerprint density at radius 3 is 2.65 bits per heavy atom. The highest BCUT2D eigenvalue weighted by Gasteiger charge is 2.48. The van der Waals surface area contributed by atoms with Crippen molar-refractivity contribution < 1.29 is 27.5 Å². The van der Waals surface area contributed by atoms with E-state index in [9.17, 15) is 22.8 Å². The van der Waals surface area contributed by atoms with E-state index in [1.807, 2.05) is 29.8 Å². The van der Waals surface area contributed by atoms with E-state index in [0.29, 0.717) is 24.6 Å². The van der Waals surface area contributed by atoms with Crippen molar-refractivity contribution in [2.45, 2.75) is 57.9 Å². The summed E-state index contributed by atoms with van der Waals surface area (Å²) in [7, 11) is 3.52. The molecule has 2 heterocycles. The van der Waals surface area contributed by atoms with E-state index in [4.69, 9.17) is 4.74 Å². The van der Waals surface area contributed by atoms with Crippen molar-refractivity contribution in [1.82, 2.24) is 19.7 Å². The third-order valence-corrected chi connectivity index (χ3v) is 8.28. The molecule has 2 amide bonds. The fourth-order valence-corrected chi connectivity index (χ4v) is 6.28. The first-order valence-corrected chi connectivity index (χ1v) is 14.2. The monoisotopic (exact) mass is 593 g/mol. The SMILES string of the molecule is CC#CC(=O)N(C)CCCOCc1cc2c(c(C(F)(F)F)c1)CN(c1cccc(C3(c4nncn4C)CC(C)C3)c1)C2=O. The van der Waals surface area contributed by atoms with Gasteiger partial charge >= 0.3 is 6.18 Å². The predicted molar refractivity (Wildman–Crippen MR) is 154 cm³/mol. The third kappa shape index (κ3) is 5.89. The van der Waals surface area contributed by atoms with Crippen LogP contribution in [0, 0.1) is 17.8 Å². The quantitative estimate of drug-likeness (QED) is 0.255. The van der Waals surface area contributed by atoms with Crippen molar-refractivity contribution in [3.8, 4) is 11.8 Å². The number of nitrogens with zero attached hydrogens (tertiary/aromatic N) is 5. The van der Waals surface area contributed by atoms with Gasteiger partial charge in [0.1, 0.15) is 12.2 Å². The van der Waals surface area contributed by atoms with Crippen molar-refractivity contribution in [3.05, 3.63) is 76.4 Å². The molecule has 0 N–H and O–H groups in total. The molecule has 5 rings (SSSR count). The number of aryl methyl sites for hydroxylation is 1. The summed E-state index contributed by atoms with van der Waals surface area (Å²) in [5.74, 6) is 5.52. The summed E-state index contributed by atoms with van der Waals surface area (Å²) in [6.07, 6.45) is -0.773. The first kappa shape index (κ1) is 30.3. The molecule has 0 atom stereocenters. The Hall–Kier alpha value is -4.17. The molecule has 226 valence electrons. The normalized spacial score (nSPS) is 19.5. The maximum Gasteiger partial charge on any atom is 0.416 e. The van der Waals surface area contributed by atoms with Crippen molar-refractivity contribution >= 4 is 17.5 Å². The number of halogens is 3. The molecule has 0 spiro atoms. The fraction of sp³-hybridized carbons (Fsp3) is 0.438. The van der Waals surface area contributed by atoms with E-state index < -0.39 is 17.6 Å². The smallest absolute Gasteiger partial charge is 0.377 e. The molecule has 0 saturated heterocycles. The predicted octanol–water partition coefficient (Wildman–Crippen LogP) is 5.10. The van der Waals surface area contributed by atoms with E-state index in [2.05, 4.69) is 29.0 Å². The Morgan fingerprint density at radius 1 is 1.23 bits per heavy atom. The van der Waals surface area contributed by atoms with E-state index in [0.717, 1.165) is 30.3 Å². The Balaban J connectivity index is 1.36. The molecule has 1 aliphatic heterocycles. The number of fused-ring (bicyclic) bond motifs is 1. The molecule has 2 aromatic carbocycles. The lowest BCUT2D eigenvalue weighted by Gasteiger charge is -2.46. The van der Waals surface area contributed by atoms with Crippen molar-refractivity contribution in [2.24, 2.45) is 13.0 Å². The number of ether oxygens (including phenoxy) is 1. The van der Waals surface area contributed by atoms with Crippen molar-refractivity contribution in [2.75, 3.05) is 25.1 Å². The highest BCUT2D eigenvalue weighted by atomic mass is 19.4. The van der Waals surface area contributed by atoms with Crippen LogP contribution in [-0.2, 0) is 41.3 Å². The van der Waals surface area contributed by atoms with Gasteiger partial charge in [0, 0.05) is 38.5 Å². The second kappa shape index (κ2) is 11.8. The van der Waals surface area contributed by atoms with Crippen LogP contribution in [0.2, 0.25) is 0 Å². The number of alkyl halides is 3. The fourth-order valence-electron chi connectivity index (χ4n) is 6.28. The minimum absolute atomic E-state index is 0.0302. The van der Waals surface area contributed by atoms with E-state index in [1.165, 1.54) is 15.9 Å². The van der Waals surface area contributed by atoms with Gasteiger partial charge in [-0.25, -0.2) is 0 Å². The van der Waals surface area contributed by atoms with Crippen molar-refractivity contribution in [3.63, 3.8) is 0 Å². The van der Waals surface area contributed by atoms with Gasteiger partial charge < -0.3 is 19.1 Å². The number of rotatable bonds is 9. The number of hydrogen-bond acceptors (Lipinski definition) is 5. The number of anilines is 1. The topological polar surface area (TPSA) is 80.6 Å². The zero-order valence-electron chi connectivity index (χ0n) is 24.7. The van der Waals surface area contributed by atoms with Crippen LogP contribution in [0.4, 0.5) is 18.9 Å². The zero-order chi connectivity index (χ0) is 30.9. The summed E-state index contributed by atoms with van der Waals surface area (Å²) in [4.78, 5) is 28.2. The Kier molecular flexibility index (Phi) is 8.34. The standard InChI is InChI=1S/C32H34F3N5O3/c1-5-8-28(41)38(3)11-7-12-43-19-22-13-25-26(27(14-22)32(33,34)35)18-40(29(25)42)24-10-6-9-23(15-24)31(16-21(2)17-31)30-37-36-20-39(30)4/h6,9-10,13-15,20-21H,7,11-12,16-19H2,1-4H3. The molecule has 0 radical (unpaired) electrons.